The van der Waals surface area contributed by atoms with Crippen molar-refractivity contribution in [3.8, 4) is 0 Å². The van der Waals surface area contributed by atoms with E-state index in [-0.39, 0.29) is 95.7 Å². The lowest BCUT2D eigenvalue weighted by Crippen LogP contribution is -2.55. The van der Waals surface area contributed by atoms with Gasteiger partial charge in [-0.25, -0.2) is 0 Å². The minimum atomic E-state index is -3.67. The fraction of sp³-hybridized carbons (Fsp3) is 0.697. The lowest BCUT2D eigenvalue weighted by Gasteiger charge is -2.52. The van der Waals surface area contributed by atoms with Crippen LogP contribution >= 0.6 is 0 Å². The van der Waals surface area contributed by atoms with Crippen molar-refractivity contribution >= 4 is 31.4 Å². The second-order valence-corrected chi connectivity index (χ2v) is 25.0. The highest BCUT2D eigenvalue weighted by Crippen LogP contribution is 2.48. The molecule has 0 radical (unpaired) electrons. The molecule has 10 atom stereocenters. The number of halogens is 3. The summed E-state index contributed by atoms with van der Waals surface area (Å²) < 4.78 is 79.3. The van der Waals surface area contributed by atoms with Gasteiger partial charge in [-0.05, 0) is 155 Å². The summed E-state index contributed by atoms with van der Waals surface area (Å²) in [5, 5.41) is 0. The summed E-state index contributed by atoms with van der Waals surface area (Å²) in [5.74, 6) is 0.319. The Balaban J connectivity index is 0.000000460. The summed E-state index contributed by atoms with van der Waals surface area (Å²) in [5.41, 5.74) is 4.54. The van der Waals surface area contributed by atoms with E-state index in [9.17, 15) is 32.1 Å². The van der Waals surface area contributed by atoms with E-state index in [0.29, 0.717) is 37.6 Å². The Morgan fingerprint density at radius 2 is 0.928 bits per heavy atom. The molecule has 2 fully saturated rings. The molecule has 2 saturated heterocycles. The first kappa shape index (κ1) is 74.2. The van der Waals surface area contributed by atoms with Crippen LogP contribution in [0.4, 0.5) is 12.9 Å². The number of allylic oxidation sites excluding steroid dienone is 2. The number of hydrogen-bond acceptors (Lipinski definition) is 13. The largest absolute Gasteiger partial charge is 0.762 e. The average molecular weight is 1170 g/mol. The molecule has 470 valence electrons. The number of rotatable bonds is 19. The van der Waals surface area contributed by atoms with Gasteiger partial charge < -0.3 is 42.6 Å². The van der Waals surface area contributed by atoms with E-state index in [0.717, 1.165) is 88.5 Å². The zero-order chi connectivity index (χ0) is 62.3. The molecular weight excluding hydrogens is 1070 g/mol. The zero-order valence-corrected chi connectivity index (χ0v) is 53.2. The molecule has 0 aliphatic carbocycles. The number of hydrogen-bond donors (Lipinski definition) is 0. The van der Waals surface area contributed by atoms with Gasteiger partial charge in [-0.15, -0.1) is 0 Å². The maximum Gasteiger partial charge on any atom is 0.762 e. The molecule has 4 aliphatic heterocycles. The molecular formula is C66H104BF3O13. The van der Waals surface area contributed by atoms with E-state index in [2.05, 4.69) is 106 Å². The van der Waals surface area contributed by atoms with Crippen molar-refractivity contribution < 1.29 is 74.8 Å². The van der Waals surface area contributed by atoms with Crippen LogP contribution in [-0.2, 0) is 74.7 Å². The van der Waals surface area contributed by atoms with Gasteiger partial charge in [0.15, 0.2) is 0 Å². The maximum atomic E-state index is 13.1. The van der Waals surface area contributed by atoms with Gasteiger partial charge in [0.2, 0.25) is 0 Å². The Kier molecular flexibility index (Phi) is 34.8. The van der Waals surface area contributed by atoms with Crippen LogP contribution in [0.25, 0.3) is 0 Å². The van der Waals surface area contributed by atoms with Gasteiger partial charge in [0.25, 0.3) is 0 Å². The fourth-order valence-corrected chi connectivity index (χ4v) is 10.3. The second kappa shape index (κ2) is 39.0. The molecule has 0 bridgehead atoms. The van der Waals surface area contributed by atoms with Crippen LogP contribution < -0.4 is 0 Å². The number of carbonyl (C=O) groups is 4. The first-order valence-electron chi connectivity index (χ1n) is 30.2. The molecule has 17 heteroatoms. The van der Waals surface area contributed by atoms with Crippen LogP contribution in [0.2, 0.25) is 0 Å². The Bertz CT molecular complexity index is 2190. The van der Waals surface area contributed by atoms with E-state index in [4.69, 9.17) is 42.6 Å². The number of ether oxygens (including phenoxy) is 9. The zero-order valence-electron chi connectivity index (χ0n) is 53.2. The summed E-state index contributed by atoms with van der Waals surface area (Å²) in [6.07, 6.45) is 16.7. The van der Waals surface area contributed by atoms with Crippen molar-refractivity contribution in [1.82, 2.24) is 0 Å². The highest BCUT2D eigenvalue weighted by molar-refractivity contribution is 6.33. The Labute approximate surface area is 497 Å². The Morgan fingerprint density at radius 3 is 1.28 bits per heavy atom. The summed E-state index contributed by atoms with van der Waals surface area (Å²) >= 11 is 0. The third-order valence-corrected chi connectivity index (χ3v) is 14.7. The lowest BCUT2D eigenvalue weighted by atomic mass is 9.65. The van der Waals surface area contributed by atoms with Crippen molar-refractivity contribution in [2.45, 2.75) is 223 Å². The second-order valence-electron chi connectivity index (χ2n) is 25.0. The van der Waals surface area contributed by atoms with E-state index < -0.39 is 7.54 Å². The summed E-state index contributed by atoms with van der Waals surface area (Å²) in [4.78, 5) is 47.0. The van der Waals surface area contributed by atoms with Crippen LogP contribution in [-0.4, -0.2) is 108 Å². The van der Waals surface area contributed by atoms with Gasteiger partial charge >= 0.3 is 31.4 Å². The van der Waals surface area contributed by atoms with E-state index in [1.165, 1.54) is 25.0 Å². The molecule has 0 N–H and O–H groups in total. The summed E-state index contributed by atoms with van der Waals surface area (Å²) in [7, 11) is -3.67. The molecule has 83 heavy (non-hydrogen) atoms. The van der Waals surface area contributed by atoms with Gasteiger partial charge in [0.05, 0.1) is 48.8 Å². The Morgan fingerprint density at radius 1 is 0.542 bits per heavy atom. The SMILES string of the molecule is CC(=O)OCC1CCC(C2OC(COC(=O)C(C)c3ccc(CC(C)C)cc3)CCC2C(C)(C)C)C(C(C)(C)C)O1.CC(=O)OCC1CCC=CO1.CC(C)Cc1ccc(C(C)C(=O)OCC2CCC=CO2)cc1.CCOCC.FB(F)F. The molecule has 0 amide bonds. The quantitative estimate of drug-likeness (QED) is 0.0746. The first-order chi connectivity index (χ1) is 39.0. The van der Waals surface area contributed by atoms with Gasteiger partial charge in [0, 0.05) is 33.0 Å². The van der Waals surface area contributed by atoms with Crippen molar-refractivity contribution in [1.29, 1.82) is 0 Å². The van der Waals surface area contributed by atoms with Crippen molar-refractivity contribution in [2.24, 2.45) is 34.5 Å². The molecule has 0 spiro atoms. The normalized spacial score (nSPS) is 22.8. The van der Waals surface area contributed by atoms with Crippen LogP contribution in [0.1, 0.15) is 196 Å². The minimum absolute atomic E-state index is 0.00252. The van der Waals surface area contributed by atoms with Crippen LogP contribution in [0.5, 0.6) is 0 Å². The van der Waals surface area contributed by atoms with Crippen molar-refractivity contribution in [2.75, 3.05) is 39.6 Å². The van der Waals surface area contributed by atoms with E-state index in [1.54, 1.807) is 12.5 Å². The van der Waals surface area contributed by atoms with Gasteiger partial charge in [-0.3, -0.25) is 32.1 Å². The third-order valence-electron chi connectivity index (χ3n) is 14.7. The molecule has 6 rings (SSSR count). The van der Waals surface area contributed by atoms with Gasteiger partial charge in [-0.1, -0.05) is 118 Å². The lowest BCUT2D eigenvalue weighted by molar-refractivity contribution is -0.218. The van der Waals surface area contributed by atoms with Gasteiger partial charge in [-0.2, -0.15) is 0 Å². The van der Waals surface area contributed by atoms with Crippen molar-refractivity contribution in [3.05, 3.63) is 95.5 Å². The summed E-state index contributed by atoms with van der Waals surface area (Å²) in [6.45, 7) is 35.9. The van der Waals surface area contributed by atoms with E-state index >= 15 is 0 Å². The summed E-state index contributed by atoms with van der Waals surface area (Å²) in [6, 6.07) is 16.6. The van der Waals surface area contributed by atoms with Gasteiger partial charge in [0.1, 0.15) is 38.6 Å². The molecule has 4 heterocycles. The molecule has 4 aliphatic rings. The highest BCUT2D eigenvalue weighted by atomic mass is 19.4. The number of carbonyl (C=O) groups excluding carboxylic acids is 4. The van der Waals surface area contributed by atoms with Crippen LogP contribution in [0, 0.1) is 34.5 Å². The molecule has 2 aromatic rings. The molecule has 0 aromatic heterocycles. The first-order valence-corrected chi connectivity index (χ1v) is 30.2. The topological polar surface area (TPSA) is 151 Å². The third kappa shape index (κ3) is 30.7. The molecule has 13 nitrogen and oxygen atoms in total. The monoisotopic (exact) mass is 1170 g/mol. The predicted octanol–water partition coefficient (Wildman–Crippen LogP) is 14.9. The maximum absolute atomic E-state index is 13.1. The van der Waals surface area contributed by atoms with Crippen molar-refractivity contribution in [3.63, 3.8) is 0 Å². The van der Waals surface area contributed by atoms with Crippen LogP contribution in [0.3, 0.4) is 0 Å². The van der Waals surface area contributed by atoms with Crippen LogP contribution in [0.15, 0.2) is 73.2 Å². The predicted molar refractivity (Wildman–Crippen MR) is 321 cm³/mol. The van der Waals surface area contributed by atoms with E-state index in [1.807, 2.05) is 52.0 Å². The smallest absolute Gasteiger partial charge is 0.495 e. The molecule has 0 saturated carbocycles. The number of benzene rings is 2. The number of esters is 4. The minimum Gasteiger partial charge on any atom is -0.495 e. The molecule has 10 unspecified atom stereocenters. The Hall–Kier alpha value is -4.87. The molecule has 2 aromatic carbocycles. The standard InChI is InChI=1S/C35H56O6.C19H26O3.C8H12O3.C4H10O.BF3/c1-22(2)19-25-11-13-26(14-12-25)23(3)33(37)39-21-27-16-18-30(34(5,6)7)31(40-27)29-17-15-28(20-38-24(4)36)41-32(29)35(8,9)10;1-14(2)12-16-7-9-17(10-8-16)15(3)19(20)22-13-18-6-4-5-11-21-18;1-7(9)11-6-8-4-2-3-5-10-8;1-3-5-4-2;2-1(3)4/h11-14,22-23,27-32H,15-21H2,1-10H3;5,7-11,14-15,18H,4,6,12-13H2,1-3H3;3,5,8H,2,4,6H2,1H3;3-4H2,1-2H3;. The highest BCUT2D eigenvalue weighted by Gasteiger charge is 2.49. The average Bonchev–Trinajstić information content (AvgIpc) is 2.88. The fourth-order valence-electron chi connectivity index (χ4n) is 10.3.